The molecule has 2 rings (SSSR count). The Labute approximate surface area is 109 Å². The highest BCUT2D eigenvalue weighted by Crippen LogP contribution is 2.28. The molecular formula is C15H20N2O. The molecule has 3 heteroatoms. The minimum atomic E-state index is 0.842. The summed E-state index contributed by atoms with van der Waals surface area (Å²) in [4.78, 5) is 4.80. The molecule has 0 aliphatic carbocycles. The molecule has 1 aliphatic rings. The number of hydrogen-bond donors (Lipinski definition) is 0. The van der Waals surface area contributed by atoms with Crippen LogP contribution in [0.4, 0.5) is 5.69 Å². The number of rotatable bonds is 4. The van der Waals surface area contributed by atoms with E-state index in [1.165, 1.54) is 5.69 Å². The number of para-hydroxylation sites is 2. The van der Waals surface area contributed by atoms with E-state index in [9.17, 15) is 0 Å². The average molecular weight is 244 g/mol. The van der Waals surface area contributed by atoms with Crippen molar-refractivity contribution < 1.29 is 4.74 Å². The van der Waals surface area contributed by atoms with Crippen LogP contribution in [0.5, 0.6) is 5.75 Å². The van der Waals surface area contributed by atoms with E-state index in [2.05, 4.69) is 27.9 Å². The number of methoxy groups -OCH3 is 1. The highest BCUT2D eigenvalue weighted by atomic mass is 16.5. The molecular weight excluding hydrogens is 224 g/mol. The van der Waals surface area contributed by atoms with E-state index in [1.807, 2.05) is 12.1 Å². The molecule has 96 valence electrons. The van der Waals surface area contributed by atoms with Gasteiger partial charge in [-0.25, -0.2) is 0 Å². The second-order valence-corrected chi connectivity index (χ2v) is 4.45. The second kappa shape index (κ2) is 6.32. The smallest absolute Gasteiger partial charge is 0.142 e. The zero-order valence-electron chi connectivity index (χ0n) is 10.9. The summed E-state index contributed by atoms with van der Waals surface area (Å²) in [7, 11) is 1.72. The van der Waals surface area contributed by atoms with Crippen LogP contribution < -0.4 is 9.64 Å². The van der Waals surface area contributed by atoms with E-state index in [0.717, 1.165) is 44.9 Å². The lowest BCUT2D eigenvalue weighted by molar-refractivity contribution is 0.263. The molecule has 0 spiro atoms. The number of terminal acetylenes is 1. The van der Waals surface area contributed by atoms with Crippen LogP contribution in [-0.2, 0) is 0 Å². The van der Waals surface area contributed by atoms with Gasteiger partial charge in [0.2, 0.25) is 0 Å². The first-order chi connectivity index (χ1) is 8.85. The fraction of sp³-hybridized carbons (Fsp3) is 0.467. The van der Waals surface area contributed by atoms with Crippen LogP contribution in [0.25, 0.3) is 0 Å². The topological polar surface area (TPSA) is 15.7 Å². The van der Waals surface area contributed by atoms with E-state index in [4.69, 9.17) is 11.2 Å². The second-order valence-electron chi connectivity index (χ2n) is 4.45. The van der Waals surface area contributed by atoms with Crippen LogP contribution in [-0.4, -0.2) is 44.7 Å². The molecule has 0 N–H and O–H groups in total. The normalized spacial score (nSPS) is 16.3. The van der Waals surface area contributed by atoms with Gasteiger partial charge in [-0.15, -0.1) is 12.3 Å². The zero-order valence-corrected chi connectivity index (χ0v) is 10.9. The fourth-order valence-corrected chi connectivity index (χ4v) is 2.33. The SMILES string of the molecule is C#CCCN1CCN(c2ccccc2OC)CC1. The summed E-state index contributed by atoms with van der Waals surface area (Å²) in [5.41, 5.74) is 1.19. The quantitative estimate of drug-likeness (QED) is 0.752. The Kier molecular flexibility index (Phi) is 4.49. The van der Waals surface area contributed by atoms with Gasteiger partial charge in [0.25, 0.3) is 0 Å². The Morgan fingerprint density at radius 1 is 1.22 bits per heavy atom. The summed E-state index contributed by atoms with van der Waals surface area (Å²) in [6.45, 7) is 5.21. The number of nitrogens with zero attached hydrogens (tertiary/aromatic N) is 2. The van der Waals surface area contributed by atoms with Gasteiger partial charge in [-0.1, -0.05) is 12.1 Å². The summed E-state index contributed by atoms with van der Waals surface area (Å²) < 4.78 is 5.41. The maximum Gasteiger partial charge on any atom is 0.142 e. The molecule has 0 radical (unpaired) electrons. The van der Waals surface area contributed by atoms with Crippen molar-refractivity contribution in [1.82, 2.24) is 4.90 Å². The summed E-state index contributed by atoms with van der Waals surface area (Å²) in [5, 5.41) is 0. The van der Waals surface area contributed by atoms with Crippen LogP contribution in [0.15, 0.2) is 24.3 Å². The standard InChI is InChI=1S/C15H20N2O/c1-3-4-9-16-10-12-17(13-11-16)14-7-5-6-8-15(14)18-2/h1,5-8H,4,9-13H2,2H3. The molecule has 0 saturated carbocycles. The predicted octanol–water partition coefficient (Wildman–Crippen LogP) is 1.84. The average Bonchev–Trinajstić information content (AvgIpc) is 2.45. The van der Waals surface area contributed by atoms with Crippen LogP contribution in [0.3, 0.4) is 0 Å². The minimum Gasteiger partial charge on any atom is -0.495 e. The first kappa shape index (κ1) is 12.8. The van der Waals surface area contributed by atoms with Crippen LogP contribution >= 0.6 is 0 Å². The Hall–Kier alpha value is -1.66. The van der Waals surface area contributed by atoms with E-state index < -0.39 is 0 Å². The van der Waals surface area contributed by atoms with Crippen molar-refractivity contribution in [2.45, 2.75) is 6.42 Å². The molecule has 1 saturated heterocycles. The monoisotopic (exact) mass is 244 g/mol. The lowest BCUT2D eigenvalue weighted by atomic mass is 10.2. The summed E-state index contributed by atoms with van der Waals surface area (Å²) >= 11 is 0. The Bertz CT molecular complexity index is 417. The first-order valence-electron chi connectivity index (χ1n) is 6.39. The third-order valence-corrected chi connectivity index (χ3v) is 3.37. The van der Waals surface area contributed by atoms with Crippen molar-refractivity contribution in [3.63, 3.8) is 0 Å². The van der Waals surface area contributed by atoms with E-state index in [0.29, 0.717) is 0 Å². The number of hydrogen-bond acceptors (Lipinski definition) is 3. The maximum atomic E-state index is 5.41. The molecule has 0 amide bonds. The lowest BCUT2D eigenvalue weighted by Crippen LogP contribution is -2.46. The summed E-state index contributed by atoms with van der Waals surface area (Å²) in [5.74, 6) is 3.65. The Morgan fingerprint density at radius 2 is 1.94 bits per heavy atom. The van der Waals surface area contributed by atoms with Gasteiger partial charge in [0, 0.05) is 39.1 Å². The van der Waals surface area contributed by atoms with Gasteiger partial charge in [0.1, 0.15) is 5.75 Å². The molecule has 1 heterocycles. The van der Waals surface area contributed by atoms with Gasteiger partial charge in [0.15, 0.2) is 0 Å². The lowest BCUT2D eigenvalue weighted by Gasteiger charge is -2.36. The summed E-state index contributed by atoms with van der Waals surface area (Å²) in [6, 6.07) is 8.20. The van der Waals surface area contributed by atoms with Crippen LogP contribution in [0, 0.1) is 12.3 Å². The molecule has 0 aromatic heterocycles. The molecule has 1 fully saturated rings. The predicted molar refractivity (Wildman–Crippen MR) is 75.1 cm³/mol. The first-order valence-corrected chi connectivity index (χ1v) is 6.39. The Balaban J connectivity index is 1.95. The fourth-order valence-electron chi connectivity index (χ4n) is 2.33. The van der Waals surface area contributed by atoms with Crippen LogP contribution in [0.2, 0.25) is 0 Å². The van der Waals surface area contributed by atoms with E-state index in [1.54, 1.807) is 7.11 Å². The number of piperazine rings is 1. The van der Waals surface area contributed by atoms with Crippen molar-refractivity contribution in [1.29, 1.82) is 0 Å². The van der Waals surface area contributed by atoms with Gasteiger partial charge in [-0.3, -0.25) is 4.90 Å². The zero-order chi connectivity index (χ0) is 12.8. The molecule has 18 heavy (non-hydrogen) atoms. The molecule has 1 aliphatic heterocycles. The van der Waals surface area contributed by atoms with Gasteiger partial charge in [-0.05, 0) is 12.1 Å². The van der Waals surface area contributed by atoms with Gasteiger partial charge in [-0.2, -0.15) is 0 Å². The molecule has 1 aromatic carbocycles. The molecule has 3 nitrogen and oxygen atoms in total. The van der Waals surface area contributed by atoms with Crippen LogP contribution in [0.1, 0.15) is 6.42 Å². The number of anilines is 1. The van der Waals surface area contributed by atoms with Crippen molar-refractivity contribution in [2.75, 3.05) is 44.7 Å². The van der Waals surface area contributed by atoms with Crippen molar-refractivity contribution >= 4 is 5.69 Å². The molecule has 0 atom stereocenters. The third kappa shape index (κ3) is 2.96. The number of ether oxygens (including phenoxy) is 1. The van der Waals surface area contributed by atoms with E-state index >= 15 is 0 Å². The highest BCUT2D eigenvalue weighted by molar-refractivity contribution is 5.58. The van der Waals surface area contributed by atoms with Crippen molar-refractivity contribution in [3.8, 4) is 18.1 Å². The molecule has 1 aromatic rings. The van der Waals surface area contributed by atoms with Gasteiger partial charge >= 0.3 is 0 Å². The highest BCUT2D eigenvalue weighted by Gasteiger charge is 2.18. The van der Waals surface area contributed by atoms with Gasteiger partial charge < -0.3 is 9.64 Å². The molecule has 0 bridgehead atoms. The van der Waals surface area contributed by atoms with E-state index in [-0.39, 0.29) is 0 Å². The van der Waals surface area contributed by atoms with Gasteiger partial charge in [0.05, 0.1) is 12.8 Å². The number of benzene rings is 1. The maximum absolute atomic E-state index is 5.41. The largest absolute Gasteiger partial charge is 0.495 e. The minimum absolute atomic E-state index is 0.842. The summed E-state index contributed by atoms with van der Waals surface area (Å²) in [6.07, 6.45) is 6.14. The third-order valence-electron chi connectivity index (χ3n) is 3.37. The van der Waals surface area contributed by atoms with Crippen molar-refractivity contribution in [2.24, 2.45) is 0 Å². The van der Waals surface area contributed by atoms with Crippen molar-refractivity contribution in [3.05, 3.63) is 24.3 Å². The Morgan fingerprint density at radius 3 is 2.61 bits per heavy atom. The molecule has 0 unspecified atom stereocenters.